The van der Waals surface area contributed by atoms with E-state index in [1.165, 1.54) is 0 Å². The molecule has 0 spiro atoms. The lowest BCUT2D eigenvalue weighted by atomic mass is 10.1. The Morgan fingerprint density at radius 3 is 2.38 bits per heavy atom. The molecule has 10 heteroatoms. The molecular formula is C11H15N3O7. The van der Waals surface area contributed by atoms with E-state index in [-0.39, 0.29) is 25.9 Å². The van der Waals surface area contributed by atoms with Crippen molar-refractivity contribution < 1.29 is 33.8 Å². The maximum absolute atomic E-state index is 11.8. The maximum atomic E-state index is 11.8. The molecule has 0 radical (unpaired) electrons. The van der Waals surface area contributed by atoms with Gasteiger partial charge in [-0.1, -0.05) is 0 Å². The van der Waals surface area contributed by atoms with Crippen molar-refractivity contribution in [2.24, 2.45) is 0 Å². The van der Waals surface area contributed by atoms with Crippen molar-refractivity contribution in [3.05, 3.63) is 0 Å². The summed E-state index contributed by atoms with van der Waals surface area (Å²) in [5, 5.41) is 13.1. The molecule has 0 saturated carbocycles. The van der Waals surface area contributed by atoms with Crippen molar-refractivity contribution in [2.45, 2.75) is 18.9 Å². The van der Waals surface area contributed by atoms with E-state index in [2.05, 4.69) is 10.1 Å². The summed E-state index contributed by atoms with van der Waals surface area (Å²) in [5.74, 6) is -3.24. The summed E-state index contributed by atoms with van der Waals surface area (Å²) in [6, 6.07) is -2.19. The van der Waals surface area contributed by atoms with Crippen LogP contribution in [0.25, 0.3) is 0 Å². The highest BCUT2D eigenvalue weighted by atomic mass is 16.5. The highest BCUT2D eigenvalue weighted by Gasteiger charge is 2.29. The number of piperazine rings is 1. The predicted octanol–water partition coefficient (Wildman–Crippen LogP) is -1.94. The number of amides is 4. The number of carboxylic acids is 1. The number of imide groups is 1. The molecule has 3 N–H and O–H groups in total. The molecule has 10 nitrogen and oxygen atoms in total. The monoisotopic (exact) mass is 301 g/mol. The minimum Gasteiger partial charge on any atom is -0.480 e. The first-order chi connectivity index (χ1) is 9.83. The van der Waals surface area contributed by atoms with Crippen molar-refractivity contribution in [1.29, 1.82) is 0 Å². The number of ether oxygens (including phenoxy) is 1. The fourth-order valence-electron chi connectivity index (χ4n) is 1.64. The van der Waals surface area contributed by atoms with Crippen LogP contribution in [0.3, 0.4) is 0 Å². The molecule has 1 saturated heterocycles. The van der Waals surface area contributed by atoms with E-state index in [0.29, 0.717) is 0 Å². The molecule has 0 aromatic rings. The van der Waals surface area contributed by atoms with Gasteiger partial charge in [0.15, 0.2) is 0 Å². The molecule has 0 unspecified atom stereocenters. The fraction of sp³-hybridized carbons (Fsp3) is 0.545. The summed E-state index contributed by atoms with van der Waals surface area (Å²) >= 11 is 0. The predicted molar refractivity (Wildman–Crippen MR) is 65.9 cm³/mol. The number of rotatable bonds is 5. The molecular weight excluding hydrogens is 286 g/mol. The molecule has 1 aliphatic heterocycles. The van der Waals surface area contributed by atoms with Gasteiger partial charge in [-0.15, -0.1) is 0 Å². The third-order valence-corrected chi connectivity index (χ3v) is 2.70. The van der Waals surface area contributed by atoms with Crippen LogP contribution in [-0.2, 0) is 23.9 Å². The third-order valence-electron chi connectivity index (χ3n) is 2.70. The highest BCUT2D eigenvalue weighted by Crippen LogP contribution is 2.02. The molecule has 116 valence electrons. The Balaban J connectivity index is 2.59. The zero-order chi connectivity index (χ0) is 16.0. The minimum absolute atomic E-state index is 0.165. The average Bonchev–Trinajstić information content (AvgIpc) is 2.41. The molecule has 4 amide bonds. The highest BCUT2D eigenvalue weighted by molar-refractivity contribution is 6.02. The van der Waals surface area contributed by atoms with Crippen molar-refractivity contribution in [3.63, 3.8) is 0 Å². The SMILES string of the molecule is COC(=O)CC[C@H](NC(=O)N1CC(=O)NC(=O)C1)C(=O)O. The number of hydrogen-bond acceptors (Lipinski definition) is 6. The summed E-state index contributed by atoms with van der Waals surface area (Å²) in [7, 11) is 1.16. The number of nitrogens with one attached hydrogen (secondary N) is 2. The average molecular weight is 301 g/mol. The Hall–Kier alpha value is -2.65. The summed E-state index contributed by atoms with van der Waals surface area (Å²) in [4.78, 5) is 57.0. The fourth-order valence-corrected chi connectivity index (χ4v) is 1.64. The van der Waals surface area contributed by atoms with E-state index in [0.717, 1.165) is 12.0 Å². The molecule has 0 aromatic heterocycles. The number of carboxylic acid groups (broad SMARTS) is 1. The molecule has 1 heterocycles. The Morgan fingerprint density at radius 1 is 1.33 bits per heavy atom. The first kappa shape index (κ1) is 16.4. The molecule has 21 heavy (non-hydrogen) atoms. The van der Waals surface area contributed by atoms with Crippen molar-refractivity contribution in [2.75, 3.05) is 20.2 Å². The zero-order valence-electron chi connectivity index (χ0n) is 11.2. The van der Waals surface area contributed by atoms with Crippen LogP contribution in [0.15, 0.2) is 0 Å². The lowest BCUT2D eigenvalue weighted by Crippen LogP contribution is -2.57. The Morgan fingerprint density at radius 2 is 1.90 bits per heavy atom. The van der Waals surface area contributed by atoms with Crippen molar-refractivity contribution >= 4 is 29.8 Å². The number of hydrogen-bond donors (Lipinski definition) is 3. The second kappa shape index (κ2) is 7.22. The standard InChI is InChI=1S/C11H15N3O7/c1-21-9(17)3-2-6(10(18)19)12-11(20)14-4-7(15)13-8(16)5-14/h6H,2-5H2,1H3,(H,12,20)(H,18,19)(H,13,15,16)/t6-/m0/s1. The summed E-state index contributed by atoms with van der Waals surface area (Å²) in [6.07, 6.45) is -0.352. The van der Waals surface area contributed by atoms with Gasteiger partial charge in [0.2, 0.25) is 11.8 Å². The van der Waals surface area contributed by atoms with Gasteiger partial charge >= 0.3 is 18.0 Å². The van der Waals surface area contributed by atoms with Gasteiger partial charge in [0, 0.05) is 6.42 Å². The van der Waals surface area contributed by atoms with Gasteiger partial charge < -0.3 is 20.1 Å². The number of methoxy groups -OCH3 is 1. The number of nitrogens with zero attached hydrogens (tertiary/aromatic N) is 1. The lowest BCUT2D eigenvalue weighted by molar-refractivity contribution is -0.142. The smallest absolute Gasteiger partial charge is 0.326 e. The minimum atomic E-state index is -1.33. The van der Waals surface area contributed by atoms with E-state index >= 15 is 0 Å². The largest absolute Gasteiger partial charge is 0.480 e. The molecule has 0 bridgehead atoms. The second-order valence-corrected chi connectivity index (χ2v) is 4.28. The summed E-state index contributed by atoms with van der Waals surface area (Å²) in [6.45, 7) is -0.693. The van der Waals surface area contributed by atoms with Gasteiger partial charge in [0.05, 0.1) is 7.11 Å². The van der Waals surface area contributed by atoms with Crippen LogP contribution in [0.5, 0.6) is 0 Å². The lowest BCUT2D eigenvalue weighted by Gasteiger charge is -2.27. The molecule has 1 atom stereocenters. The summed E-state index contributed by atoms with van der Waals surface area (Å²) < 4.78 is 4.38. The Bertz CT molecular complexity index is 460. The van der Waals surface area contributed by atoms with Crippen LogP contribution in [0, 0.1) is 0 Å². The molecule has 1 aliphatic rings. The third kappa shape index (κ3) is 5.09. The van der Waals surface area contributed by atoms with Gasteiger partial charge in [-0.05, 0) is 6.42 Å². The Kier molecular flexibility index (Phi) is 5.64. The zero-order valence-corrected chi connectivity index (χ0v) is 11.2. The van der Waals surface area contributed by atoms with Crippen molar-refractivity contribution in [3.8, 4) is 0 Å². The second-order valence-electron chi connectivity index (χ2n) is 4.28. The van der Waals surface area contributed by atoms with E-state index in [9.17, 15) is 24.0 Å². The van der Waals surface area contributed by atoms with Crippen LogP contribution in [0.1, 0.15) is 12.8 Å². The summed E-state index contributed by atoms with van der Waals surface area (Å²) in [5.41, 5.74) is 0. The number of urea groups is 1. The molecule has 1 fully saturated rings. The van der Waals surface area contributed by atoms with Crippen LogP contribution >= 0.6 is 0 Å². The molecule has 1 rings (SSSR count). The van der Waals surface area contributed by atoms with Gasteiger partial charge in [-0.25, -0.2) is 9.59 Å². The molecule has 0 aromatic carbocycles. The van der Waals surface area contributed by atoms with E-state index in [1.807, 2.05) is 5.32 Å². The van der Waals surface area contributed by atoms with E-state index < -0.39 is 35.8 Å². The number of aliphatic carboxylic acids is 1. The quantitative estimate of drug-likeness (QED) is 0.396. The van der Waals surface area contributed by atoms with E-state index in [4.69, 9.17) is 5.11 Å². The number of carbonyl (C=O) groups excluding carboxylic acids is 4. The maximum Gasteiger partial charge on any atom is 0.326 e. The normalized spacial score (nSPS) is 16.0. The van der Waals surface area contributed by atoms with Gasteiger partial charge in [-0.3, -0.25) is 19.7 Å². The van der Waals surface area contributed by atoms with Gasteiger partial charge in [0.1, 0.15) is 19.1 Å². The number of esters is 1. The van der Waals surface area contributed by atoms with Gasteiger partial charge in [0.25, 0.3) is 0 Å². The van der Waals surface area contributed by atoms with Crippen LogP contribution in [0.2, 0.25) is 0 Å². The Labute approximate surface area is 119 Å². The first-order valence-electron chi connectivity index (χ1n) is 6.01. The van der Waals surface area contributed by atoms with Crippen LogP contribution < -0.4 is 10.6 Å². The number of carbonyl (C=O) groups is 5. The van der Waals surface area contributed by atoms with Gasteiger partial charge in [-0.2, -0.15) is 0 Å². The van der Waals surface area contributed by atoms with E-state index in [1.54, 1.807) is 0 Å². The first-order valence-corrected chi connectivity index (χ1v) is 6.01. The molecule has 0 aliphatic carbocycles. The topological polar surface area (TPSA) is 142 Å². The van der Waals surface area contributed by atoms with Crippen LogP contribution in [0.4, 0.5) is 4.79 Å². The van der Waals surface area contributed by atoms with Crippen LogP contribution in [-0.4, -0.2) is 66.0 Å². The van der Waals surface area contributed by atoms with Crippen molar-refractivity contribution in [1.82, 2.24) is 15.5 Å².